The number of hydrogen-bond donors (Lipinski definition) is 1. The molecule has 134 valence electrons. The fourth-order valence-corrected chi connectivity index (χ4v) is 2.58. The lowest BCUT2D eigenvalue weighted by atomic mass is 9.89. The molecule has 0 saturated heterocycles. The number of benzene rings is 2. The van der Waals surface area contributed by atoms with E-state index in [-0.39, 0.29) is 5.91 Å². The van der Waals surface area contributed by atoms with E-state index in [1.807, 2.05) is 43.3 Å². The summed E-state index contributed by atoms with van der Waals surface area (Å²) in [6.07, 6.45) is 0. The zero-order chi connectivity index (χ0) is 19.2. The molecular weight excluding hydrogens is 326 g/mol. The highest BCUT2D eigenvalue weighted by Gasteiger charge is 2.38. The lowest BCUT2D eigenvalue weighted by Crippen LogP contribution is -2.47. The lowest BCUT2D eigenvalue weighted by molar-refractivity contribution is -0.146. The van der Waals surface area contributed by atoms with Gasteiger partial charge < -0.3 is 10.2 Å². The van der Waals surface area contributed by atoms with Gasteiger partial charge in [0.15, 0.2) is 0 Å². The number of rotatable bonds is 6. The maximum Gasteiger partial charge on any atom is 0.239 e. The molecule has 0 spiro atoms. The predicted molar refractivity (Wildman–Crippen MR) is 101 cm³/mol. The van der Waals surface area contributed by atoms with Crippen LogP contribution in [-0.4, -0.2) is 23.3 Å². The molecule has 2 aromatic carbocycles. The van der Waals surface area contributed by atoms with Gasteiger partial charge in [-0.2, -0.15) is 5.26 Å². The average molecular weight is 349 g/mol. The summed E-state index contributed by atoms with van der Waals surface area (Å²) in [6.45, 7) is 6.09. The maximum atomic E-state index is 13.0. The Bertz CT molecular complexity index is 823. The highest BCUT2D eigenvalue weighted by molar-refractivity contribution is 6.09. The molecule has 2 rings (SSSR count). The van der Waals surface area contributed by atoms with Crippen molar-refractivity contribution in [2.45, 2.75) is 27.3 Å². The van der Waals surface area contributed by atoms with Crippen LogP contribution in [0, 0.1) is 16.7 Å². The Morgan fingerprint density at radius 3 is 2.42 bits per heavy atom. The van der Waals surface area contributed by atoms with Crippen LogP contribution in [0.3, 0.4) is 0 Å². The van der Waals surface area contributed by atoms with Crippen LogP contribution in [0.25, 0.3) is 0 Å². The molecule has 0 aliphatic rings. The summed E-state index contributed by atoms with van der Waals surface area (Å²) in [5, 5.41) is 11.7. The third-order valence-corrected chi connectivity index (χ3v) is 4.24. The minimum atomic E-state index is -1.23. The third-order valence-electron chi connectivity index (χ3n) is 4.24. The molecular formula is C21H23N3O2. The number of carbonyl (C=O) groups excluding carboxylic acids is 2. The maximum absolute atomic E-state index is 13.0. The molecule has 5 heteroatoms. The molecule has 0 bridgehead atoms. The van der Waals surface area contributed by atoms with E-state index in [4.69, 9.17) is 5.26 Å². The van der Waals surface area contributed by atoms with E-state index >= 15 is 0 Å². The SMILES string of the molecule is CCN(Cc1ccccc1)C(=O)C(C)(C)C(=O)Nc1cccc(C#N)c1. The van der Waals surface area contributed by atoms with Gasteiger partial charge in [-0.05, 0) is 44.5 Å². The van der Waals surface area contributed by atoms with Crippen molar-refractivity contribution in [3.05, 3.63) is 65.7 Å². The van der Waals surface area contributed by atoms with Gasteiger partial charge in [0.1, 0.15) is 5.41 Å². The van der Waals surface area contributed by atoms with Gasteiger partial charge in [0, 0.05) is 18.8 Å². The summed E-state index contributed by atoms with van der Waals surface area (Å²) in [5.74, 6) is -0.637. The van der Waals surface area contributed by atoms with Gasteiger partial charge in [-0.15, -0.1) is 0 Å². The summed E-state index contributed by atoms with van der Waals surface area (Å²) in [4.78, 5) is 27.3. The van der Waals surface area contributed by atoms with Crippen molar-refractivity contribution in [1.29, 1.82) is 5.26 Å². The fraction of sp³-hybridized carbons (Fsp3) is 0.286. The van der Waals surface area contributed by atoms with Crippen molar-refractivity contribution < 1.29 is 9.59 Å². The lowest BCUT2D eigenvalue weighted by Gasteiger charge is -2.30. The molecule has 1 N–H and O–H groups in total. The first kappa shape index (κ1) is 19.2. The monoisotopic (exact) mass is 349 g/mol. The molecule has 0 aliphatic heterocycles. The van der Waals surface area contributed by atoms with Gasteiger partial charge in [0.05, 0.1) is 11.6 Å². The summed E-state index contributed by atoms with van der Waals surface area (Å²) >= 11 is 0. The fourth-order valence-electron chi connectivity index (χ4n) is 2.58. The van der Waals surface area contributed by atoms with Crippen molar-refractivity contribution in [3.8, 4) is 6.07 Å². The Hall–Kier alpha value is -3.13. The summed E-state index contributed by atoms with van der Waals surface area (Å²) < 4.78 is 0. The molecule has 0 atom stereocenters. The summed E-state index contributed by atoms with van der Waals surface area (Å²) in [5.41, 5.74) is 0.737. The predicted octanol–water partition coefficient (Wildman–Crippen LogP) is 3.57. The van der Waals surface area contributed by atoms with E-state index < -0.39 is 11.3 Å². The van der Waals surface area contributed by atoms with Crippen LogP contribution < -0.4 is 5.32 Å². The van der Waals surface area contributed by atoms with Crippen molar-refractivity contribution in [2.75, 3.05) is 11.9 Å². The van der Waals surface area contributed by atoms with Crippen molar-refractivity contribution >= 4 is 17.5 Å². The van der Waals surface area contributed by atoms with E-state index in [1.165, 1.54) is 0 Å². The highest BCUT2D eigenvalue weighted by Crippen LogP contribution is 2.23. The Morgan fingerprint density at radius 1 is 1.12 bits per heavy atom. The van der Waals surface area contributed by atoms with Crippen molar-refractivity contribution in [3.63, 3.8) is 0 Å². The Kier molecular flexibility index (Phi) is 6.13. The number of nitrogens with one attached hydrogen (secondary N) is 1. The quantitative estimate of drug-likeness (QED) is 0.810. The Morgan fingerprint density at radius 2 is 1.81 bits per heavy atom. The molecule has 0 fully saturated rings. The van der Waals surface area contributed by atoms with Crippen LogP contribution in [0.5, 0.6) is 0 Å². The summed E-state index contributed by atoms with van der Waals surface area (Å²) in [7, 11) is 0. The standard InChI is InChI=1S/C21H23N3O2/c1-4-24(15-16-9-6-5-7-10-16)20(26)21(2,3)19(25)23-18-12-8-11-17(13-18)14-22/h5-13H,4,15H2,1-3H3,(H,23,25). The van der Waals surface area contributed by atoms with E-state index in [0.717, 1.165) is 5.56 Å². The second-order valence-corrected chi connectivity index (χ2v) is 6.58. The molecule has 5 nitrogen and oxygen atoms in total. The van der Waals surface area contributed by atoms with Crippen LogP contribution in [-0.2, 0) is 16.1 Å². The van der Waals surface area contributed by atoms with Crippen molar-refractivity contribution in [1.82, 2.24) is 4.90 Å². The number of nitriles is 1. The second kappa shape index (κ2) is 8.30. The van der Waals surface area contributed by atoms with E-state index in [2.05, 4.69) is 5.32 Å². The normalized spacial score (nSPS) is 10.7. The van der Waals surface area contributed by atoms with Gasteiger partial charge >= 0.3 is 0 Å². The number of hydrogen-bond acceptors (Lipinski definition) is 3. The molecule has 0 radical (unpaired) electrons. The topological polar surface area (TPSA) is 73.2 Å². The van der Waals surface area contributed by atoms with Gasteiger partial charge in [-0.3, -0.25) is 9.59 Å². The van der Waals surface area contributed by atoms with E-state index in [0.29, 0.717) is 24.3 Å². The largest absolute Gasteiger partial charge is 0.338 e. The van der Waals surface area contributed by atoms with Gasteiger partial charge in [-0.1, -0.05) is 36.4 Å². The summed E-state index contributed by atoms with van der Waals surface area (Å²) in [6, 6.07) is 18.3. The Labute approximate surface area is 154 Å². The molecule has 0 heterocycles. The zero-order valence-corrected chi connectivity index (χ0v) is 15.3. The molecule has 26 heavy (non-hydrogen) atoms. The molecule has 2 aromatic rings. The molecule has 0 saturated carbocycles. The van der Waals surface area contributed by atoms with E-state index in [1.54, 1.807) is 43.0 Å². The minimum Gasteiger partial charge on any atom is -0.338 e. The zero-order valence-electron chi connectivity index (χ0n) is 15.3. The average Bonchev–Trinajstić information content (AvgIpc) is 2.66. The van der Waals surface area contributed by atoms with Crippen molar-refractivity contribution in [2.24, 2.45) is 5.41 Å². The number of anilines is 1. The number of nitrogens with zero attached hydrogens (tertiary/aromatic N) is 2. The van der Waals surface area contributed by atoms with E-state index in [9.17, 15) is 9.59 Å². The number of carbonyl (C=O) groups is 2. The first-order valence-electron chi connectivity index (χ1n) is 8.53. The van der Waals surface area contributed by atoms with Crippen LogP contribution in [0.2, 0.25) is 0 Å². The molecule has 0 unspecified atom stereocenters. The molecule has 0 aromatic heterocycles. The number of amides is 2. The third kappa shape index (κ3) is 4.48. The highest BCUT2D eigenvalue weighted by atomic mass is 16.2. The van der Waals surface area contributed by atoms with Crippen LogP contribution in [0.1, 0.15) is 31.9 Å². The smallest absolute Gasteiger partial charge is 0.239 e. The van der Waals surface area contributed by atoms with Gasteiger partial charge in [-0.25, -0.2) is 0 Å². The first-order chi connectivity index (χ1) is 12.4. The first-order valence-corrected chi connectivity index (χ1v) is 8.53. The van der Waals surface area contributed by atoms with Gasteiger partial charge in [0.25, 0.3) is 0 Å². The molecule has 2 amide bonds. The van der Waals surface area contributed by atoms with Crippen LogP contribution in [0.4, 0.5) is 5.69 Å². The minimum absolute atomic E-state index is 0.238. The second-order valence-electron chi connectivity index (χ2n) is 6.58. The van der Waals surface area contributed by atoms with Gasteiger partial charge in [0.2, 0.25) is 11.8 Å². The van der Waals surface area contributed by atoms with Crippen LogP contribution >= 0.6 is 0 Å². The van der Waals surface area contributed by atoms with Crippen LogP contribution in [0.15, 0.2) is 54.6 Å². The molecule has 0 aliphatic carbocycles. The Balaban J connectivity index is 2.13.